The Balaban J connectivity index is 2.28. The van der Waals surface area contributed by atoms with Gasteiger partial charge in [-0.1, -0.05) is 40.9 Å². The highest BCUT2D eigenvalue weighted by Gasteiger charge is 2.15. The molecule has 0 aliphatic carbocycles. The lowest BCUT2D eigenvalue weighted by atomic mass is 10.1. The van der Waals surface area contributed by atoms with E-state index in [9.17, 15) is 8.78 Å². The number of halogens is 5. The molecule has 1 nitrogen and oxygen atoms in total. The smallest absolute Gasteiger partial charge is 0.149 e. The van der Waals surface area contributed by atoms with E-state index in [0.29, 0.717) is 15.6 Å². The molecule has 0 amide bonds. The Hall–Kier alpha value is -1.03. The van der Waals surface area contributed by atoms with E-state index in [1.807, 2.05) is 0 Å². The Kier molecular flexibility index (Phi) is 4.74. The summed E-state index contributed by atoms with van der Waals surface area (Å²) in [6, 6.07) is 6.31. The molecule has 106 valence electrons. The number of benzene rings is 2. The molecule has 6 heteroatoms. The topological polar surface area (TPSA) is 12.0 Å². The first-order chi connectivity index (χ1) is 9.40. The van der Waals surface area contributed by atoms with Crippen LogP contribution in [0.4, 0.5) is 14.5 Å². The van der Waals surface area contributed by atoms with Crippen molar-refractivity contribution in [1.29, 1.82) is 0 Å². The van der Waals surface area contributed by atoms with E-state index >= 15 is 0 Å². The van der Waals surface area contributed by atoms with Crippen LogP contribution in [0.2, 0.25) is 15.1 Å². The fourth-order valence-corrected chi connectivity index (χ4v) is 2.50. The van der Waals surface area contributed by atoms with Crippen LogP contribution in [0.5, 0.6) is 0 Å². The third kappa shape index (κ3) is 3.17. The molecular weight excluding hydrogens is 327 g/mol. The molecule has 0 spiro atoms. The first kappa shape index (κ1) is 15.4. The molecule has 0 aliphatic heterocycles. The van der Waals surface area contributed by atoms with Gasteiger partial charge in [0.05, 0.1) is 26.8 Å². The predicted octanol–water partition coefficient (Wildman–Crippen LogP) is 6.10. The summed E-state index contributed by atoms with van der Waals surface area (Å²) >= 11 is 17.9. The van der Waals surface area contributed by atoms with E-state index in [0.717, 1.165) is 6.07 Å². The van der Waals surface area contributed by atoms with Gasteiger partial charge in [0.1, 0.15) is 11.6 Å². The number of anilines is 1. The first-order valence-electron chi connectivity index (χ1n) is 5.75. The Morgan fingerprint density at radius 2 is 1.70 bits per heavy atom. The van der Waals surface area contributed by atoms with Gasteiger partial charge in [0.15, 0.2) is 0 Å². The molecule has 0 radical (unpaired) electrons. The van der Waals surface area contributed by atoms with Crippen LogP contribution < -0.4 is 5.32 Å². The second-order valence-corrected chi connectivity index (χ2v) is 5.42. The lowest BCUT2D eigenvalue weighted by Gasteiger charge is -2.18. The van der Waals surface area contributed by atoms with Crippen LogP contribution >= 0.6 is 34.8 Å². The number of hydrogen-bond acceptors (Lipinski definition) is 1. The maximum atomic E-state index is 13.6. The molecule has 2 aromatic carbocycles. The summed E-state index contributed by atoms with van der Waals surface area (Å²) < 4.78 is 26.4. The van der Waals surface area contributed by atoms with Crippen LogP contribution in [0.1, 0.15) is 18.5 Å². The minimum absolute atomic E-state index is 0.182. The average molecular weight is 337 g/mol. The fraction of sp³-hybridized carbons (Fsp3) is 0.143. The van der Waals surface area contributed by atoms with Gasteiger partial charge >= 0.3 is 0 Å². The SMILES string of the molecule is CC(Nc1ccc(F)cc1F)c1ccc(Cl)c(Cl)c1Cl. The van der Waals surface area contributed by atoms with Gasteiger partial charge in [0.2, 0.25) is 0 Å². The van der Waals surface area contributed by atoms with Gasteiger partial charge in [-0.3, -0.25) is 0 Å². The molecule has 1 unspecified atom stereocenters. The van der Waals surface area contributed by atoms with Crippen LogP contribution in [0.15, 0.2) is 30.3 Å². The Morgan fingerprint density at radius 3 is 2.35 bits per heavy atom. The number of nitrogens with one attached hydrogen (secondary N) is 1. The van der Waals surface area contributed by atoms with Crippen molar-refractivity contribution in [3.8, 4) is 0 Å². The summed E-state index contributed by atoms with van der Waals surface area (Å²) in [7, 11) is 0. The quantitative estimate of drug-likeness (QED) is 0.668. The highest BCUT2D eigenvalue weighted by Crippen LogP contribution is 2.36. The summed E-state index contributed by atoms with van der Waals surface area (Å²) in [5, 5.41) is 3.82. The van der Waals surface area contributed by atoms with Crippen molar-refractivity contribution < 1.29 is 8.78 Å². The fourth-order valence-electron chi connectivity index (χ4n) is 1.79. The van der Waals surface area contributed by atoms with E-state index in [2.05, 4.69) is 5.32 Å². The van der Waals surface area contributed by atoms with Gasteiger partial charge in [-0.25, -0.2) is 8.78 Å². The molecule has 0 fully saturated rings. The summed E-state index contributed by atoms with van der Waals surface area (Å²) in [5.41, 5.74) is 0.853. The molecule has 0 aliphatic rings. The van der Waals surface area contributed by atoms with Crippen LogP contribution in [-0.2, 0) is 0 Å². The van der Waals surface area contributed by atoms with Crippen molar-refractivity contribution in [2.24, 2.45) is 0 Å². The van der Waals surface area contributed by atoms with E-state index in [4.69, 9.17) is 34.8 Å². The monoisotopic (exact) mass is 335 g/mol. The van der Waals surface area contributed by atoms with Gasteiger partial charge in [-0.2, -0.15) is 0 Å². The number of rotatable bonds is 3. The van der Waals surface area contributed by atoms with Crippen LogP contribution in [-0.4, -0.2) is 0 Å². The van der Waals surface area contributed by atoms with Gasteiger partial charge in [-0.05, 0) is 30.7 Å². The summed E-state index contributed by atoms with van der Waals surface area (Å²) in [4.78, 5) is 0. The standard InChI is InChI=1S/C14H10Cl3F2N/c1-7(9-3-4-10(15)14(17)13(9)16)20-12-5-2-8(18)6-11(12)19/h2-7,20H,1H3. The largest absolute Gasteiger partial charge is 0.376 e. The molecule has 1 N–H and O–H groups in total. The Morgan fingerprint density at radius 1 is 1.00 bits per heavy atom. The molecule has 0 heterocycles. The van der Waals surface area contributed by atoms with Crippen molar-refractivity contribution in [3.05, 3.63) is 62.6 Å². The predicted molar refractivity (Wildman–Crippen MR) is 79.9 cm³/mol. The van der Waals surface area contributed by atoms with Crippen molar-refractivity contribution in [1.82, 2.24) is 0 Å². The molecule has 20 heavy (non-hydrogen) atoms. The maximum Gasteiger partial charge on any atom is 0.149 e. The zero-order valence-electron chi connectivity index (χ0n) is 10.4. The molecule has 2 rings (SSSR count). The van der Waals surface area contributed by atoms with E-state index in [-0.39, 0.29) is 16.8 Å². The van der Waals surface area contributed by atoms with Gasteiger partial charge < -0.3 is 5.32 Å². The van der Waals surface area contributed by atoms with Gasteiger partial charge in [0, 0.05) is 6.07 Å². The minimum Gasteiger partial charge on any atom is -0.376 e. The minimum atomic E-state index is -0.673. The zero-order chi connectivity index (χ0) is 14.9. The second kappa shape index (κ2) is 6.17. The lowest BCUT2D eigenvalue weighted by Crippen LogP contribution is -2.09. The third-order valence-corrected chi connectivity index (χ3v) is 4.14. The number of hydrogen-bond donors (Lipinski definition) is 1. The molecule has 2 aromatic rings. The Labute approximate surface area is 130 Å². The molecule has 0 bridgehead atoms. The normalized spacial score (nSPS) is 12.3. The van der Waals surface area contributed by atoms with Crippen LogP contribution in [0, 0.1) is 11.6 Å². The molecule has 0 aromatic heterocycles. The van der Waals surface area contributed by atoms with E-state index in [1.165, 1.54) is 12.1 Å². The lowest BCUT2D eigenvalue weighted by molar-refractivity contribution is 0.584. The van der Waals surface area contributed by atoms with E-state index in [1.54, 1.807) is 19.1 Å². The van der Waals surface area contributed by atoms with Crippen molar-refractivity contribution in [3.63, 3.8) is 0 Å². The van der Waals surface area contributed by atoms with E-state index < -0.39 is 11.6 Å². The highest BCUT2D eigenvalue weighted by molar-refractivity contribution is 6.48. The maximum absolute atomic E-state index is 13.6. The zero-order valence-corrected chi connectivity index (χ0v) is 12.6. The summed E-state index contributed by atoms with van der Waals surface area (Å²) in [6.07, 6.45) is 0. The molecular formula is C14H10Cl3F2N. The second-order valence-electron chi connectivity index (χ2n) is 4.25. The summed E-state index contributed by atoms with van der Waals surface area (Å²) in [6.45, 7) is 1.79. The van der Waals surface area contributed by atoms with Gasteiger partial charge in [0.25, 0.3) is 0 Å². The van der Waals surface area contributed by atoms with Crippen LogP contribution in [0.25, 0.3) is 0 Å². The molecule has 1 atom stereocenters. The highest BCUT2D eigenvalue weighted by atomic mass is 35.5. The van der Waals surface area contributed by atoms with Crippen molar-refractivity contribution in [2.75, 3.05) is 5.32 Å². The van der Waals surface area contributed by atoms with Crippen LogP contribution in [0.3, 0.4) is 0 Å². The van der Waals surface area contributed by atoms with Gasteiger partial charge in [-0.15, -0.1) is 0 Å². The van der Waals surface area contributed by atoms with Crippen molar-refractivity contribution in [2.45, 2.75) is 13.0 Å². The van der Waals surface area contributed by atoms with Crippen molar-refractivity contribution >= 4 is 40.5 Å². The Bertz CT molecular complexity index is 647. The molecule has 0 saturated carbocycles. The molecule has 0 saturated heterocycles. The third-order valence-electron chi connectivity index (χ3n) is 2.83. The first-order valence-corrected chi connectivity index (χ1v) is 6.88. The average Bonchev–Trinajstić information content (AvgIpc) is 2.39. The summed E-state index contributed by atoms with van der Waals surface area (Å²) in [5.74, 6) is -1.30.